The molecule has 2 heterocycles. The highest BCUT2D eigenvalue weighted by Crippen LogP contribution is 2.51. The molecule has 310 valence electrons. The quantitative estimate of drug-likeness (QED) is 0.0187. The number of benzene rings is 4. The number of fused-ring (bicyclic) bond motifs is 6. The van der Waals surface area contributed by atoms with Crippen LogP contribution in [0.1, 0.15) is 70.9 Å². The predicted molar refractivity (Wildman–Crippen MR) is 233 cm³/mol. The Morgan fingerprint density at radius 3 is 1.98 bits per heavy atom. The molecule has 2 aliphatic rings. The van der Waals surface area contributed by atoms with Gasteiger partial charge in [0.1, 0.15) is 6.54 Å². The molecule has 0 aliphatic carbocycles. The fraction of sp³-hybridized carbons (Fsp3) is 0.341. The van der Waals surface area contributed by atoms with Gasteiger partial charge in [0.05, 0.1) is 11.2 Å². The second-order valence-corrected chi connectivity index (χ2v) is 18.7. The van der Waals surface area contributed by atoms with Gasteiger partial charge < -0.3 is 10.0 Å². The third-order valence-electron chi connectivity index (χ3n) is 11.1. The molecule has 0 fully saturated rings. The molecule has 15 heteroatoms. The van der Waals surface area contributed by atoms with Crippen LogP contribution in [0.25, 0.3) is 21.5 Å². The Balaban J connectivity index is 1.24. The summed E-state index contributed by atoms with van der Waals surface area (Å²) in [5, 5.41) is 15.1. The van der Waals surface area contributed by atoms with Gasteiger partial charge in [-0.15, -0.1) is 9.79 Å². The second-order valence-electron chi connectivity index (χ2n) is 15.8. The Kier molecular flexibility index (Phi) is 13.6. The van der Waals surface area contributed by atoms with Crippen LogP contribution in [0.4, 0.5) is 11.4 Å². The third kappa shape index (κ3) is 10.0. The van der Waals surface area contributed by atoms with Gasteiger partial charge in [0.15, 0.2) is 5.71 Å². The van der Waals surface area contributed by atoms with Crippen molar-refractivity contribution >= 4 is 65.3 Å². The summed E-state index contributed by atoms with van der Waals surface area (Å²) in [6.45, 7) is 9.89. The first kappa shape index (κ1) is 44.3. The molecule has 2 aliphatic heterocycles. The van der Waals surface area contributed by atoms with Crippen molar-refractivity contribution in [2.24, 2.45) is 0 Å². The van der Waals surface area contributed by atoms with E-state index in [2.05, 4.69) is 107 Å². The zero-order chi connectivity index (χ0) is 42.6. The molecule has 4 aromatic carbocycles. The number of aliphatic hydroxyl groups is 1. The number of unbranched alkanes of at least 4 members (excludes halogenated alkanes) is 2. The van der Waals surface area contributed by atoms with Crippen LogP contribution in [0.2, 0.25) is 0 Å². The first-order chi connectivity index (χ1) is 27.9. The lowest BCUT2D eigenvalue weighted by Gasteiger charge is -2.27. The van der Waals surface area contributed by atoms with E-state index in [0.717, 1.165) is 38.9 Å². The van der Waals surface area contributed by atoms with Crippen LogP contribution in [-0.4, -0.2) is 63.0 Å². The van der Waals surface area contributed by atoms with Crippen LogP contribution in [0.15, 0.2) is 121 Å². The van der Waals surface area contributed by atoms with E-state index in [-0.39, 0.29) is 24.0 Å². The topological polar surface area (TPSA) is 174 Å². The molecule has 4 aromatic rings. The number of anilines is 1. The van der Waals surface area contributed by atoms with Gasteiger partial charge in [-0.2, -0.15) is 13.0 Å². The Hall–Kier alpha value is -4.26. The molecule has 4 N–H and O–H groups in total. The minimum atomic E-state index is -4.03. The van der Waals surface area contributed by atoms with E-state index in [4.69, 9.17) is 0 Å². The molecule has 0 radical (unpaired) electrons. The molecule has 0 saturated carbocycles. The van der Waals surface area contributed by atoms with Gasteiger partial charge >= 0.3 is 22.5 Å². The number of hydrogen-bond donors (Lipinski definition) is 4. The summed E-state index contributed by atoms with van der Waals surface area (Å²) in [4.78, 5) is 20.6. The number of rotatable bonds is 18. The molecule has 0 aromatic heterocycles. The molecular weight excluding hydrogens is 811 g/mol. The molecule has 2 atom stereocenters. The van der Waals surface area contributed by atoms with Crippen LogP contribution < -0.4 is 4.90 Å². The van der Waals surface area contributed by atoms with Crippen molar-refractivity contribution in [3.05, 3.63) is 132 Å². The highest BCUT2D eigenvalue weighted by atomic mass is 32.2. The lowest BCUT2D eigenvalue weighted by atomic mass is 9.79. The summed E-state index contributed by atoms with van der Waals surface area (Å²) in [7, 11) is -10.6. The highest BCUT2D eigenvalue weighted by molar-refractivity contribution is 7.85. The summed E-state index contributed by atoms with van der Waals surface area (Å²) < 4.78 is 66.0. The van der Waals surface area contributed by atoms with E-state index in [0.29, 0.717) is 32.4 Å². The minimum absolute atomic E-state index is 0.250. The molecule has 59 heavy (non-hydrogen) atoms. The lowest BCUT2D eigenvalue weighted by Crippen LogP contribution is -2.31. The molecular formula is C44H51N2O10P2S+3. The molecule has 0 spiro atoms. The second kappa shape index (κ2) is 18.2. The number of allylic oxidation sites excluding steroid dienone is 8. The maximum atomic E-state index is 11.4. The molecule has 0 bridgehead atoms. The van der Waals surface area contributed by atoms with Crippen LogP contribution in [-0.2, 0) is 39.1 Å². The van der Waals surface area contributed by atoms with Crippen molar-refractivity contribution < 1.29 is 50.6 Å². The van der Waals surface area contributed by atoms with Crippen molar-refractivity contribution in [1.29, 1.82) is 0 Å². The molecule has 2 unspecified atom stereocenters. The highest BCUT2D eigenvalue weighted by Gasteiger charge is 2.49. The van der Waals surface area contributed by atoms with Crippen LogP contribution >= 0.6 is 16.5 Å². The van der Waals surface area contributed by atoms with Crippen molar-refractivity contribution in [2.45, 2.75) is 76.6 Å². The number of hydrogen-bond acceptors (Lipinski definition) is 8. The third-order valence-corrected chi connectivity index (χ3v) is 12.7. The standard InChI is InChI=1S/C44H48N2O10P2S/c1-42(2)38(45(36-26-24-32-18-10-12-20-34(32)40(36)42)29-15-14-28-44(47,55-57(48)49)56-58(50)51)22-8-6-5-7-9-23-39-43(3,4)41-35-21-13-11-19-33(35)25-27-37(41)46(39)30-16-17-31-59(52,53)54/h5-13,18-27,47H,14-17,28-31H2,1-4H3/p+3. The summed E-state index contributed by atoms with van der Waals surface area (Å²) in [6.07, 6.45) is 15.5. The van der Waals surface area contributed by atoms with Crippen molar-refractivity contribution in [3.8, 4) is 0 Å². The molecule has 6 rings (SSSR count). The van der Waals surface area contributed by atoms with E-state index in [1.165, 1.54) is 16.5 Å². The SMILES string of the molecule is CC1(C)C(=CC=CC=CC=CC2=[N+](CCCCC(O)(O[P+](=O)O)O[P+](=O)O)c3ccc4ccccc4c3C2(C)C)N(CCCCS(=O)(=O)O)c2ccc3ccccc3c21. The van der Waals surface area contributed by atoms with Crippen LogP contribution in [0, 0.1) is 0 Å². The monoisotopic (exact) mass is 861 g/mol. The average molecular weight is 862 g/mol. The maximum Gasteiger partial charge on any atom is 0.700 e. The maximum absolute atomic E-state index is 11.4. The average Bonchev–Trinajstić information content (AvgIpc) is 3.51. The zero-order valence-corrected chi connectivity index (χ0v) is 36.2. The minimum Gasteiger partial charge on any atom is -0.344 e. The lowest BCUT2D eigenvalue weighted by molar-refractivity contribution is -0.438. The molecule has 0 saturated heterocycles. The Bertz CT molecular complexity index is 2530. The fourth-order valence-electron chi connectivity index (χ4n) is 8.56. The molecule has 0 amide bonds. The first-order valence-corrected chi connectivity index (χ1v) is 23.4. The number of nitrogens with zero attached hydrogens (tertiary/aromatic N) is 2. The smallest absolute Gasteiger partial charge is 0.344 e. The predicted octanol–water partition coefficient (Wildman–Crippen LogP) is 9.54. The van der Waals surface area contributed by atoms with E-state index < -0.39 is 38.0 Å². The Morgan fingerprint density at radius 2 is 1.34 bits per heavy atom. The summed E-state index contributed by atoms with van der Waals surface area (Å²) >= 11 is 0. The fourth-order valence-corrected chi connectivity index (χ4v) is 9.94. The van der Waals surface area contributed by atoms with Crippen LogP contribution in [0.3, 0.4) is 0 Å². The largest absolute Gasteiger partial charge is 0.700 e. The van der Waals surface area contributed by atoms with Gasteiger partial charge in [0.2, 0.25) is 5.69 Å². The van der Waals surface area contributed by atoms with Crippen LogP contribution in [0.5, 0.6) is 0 Å². The summed E-state index contributed by atoms with van der Waals surface area (Å²) in [5.41, 5.74) is 5.94. The molecule has 12 nitrogen and oxygen atoms in total. The normalized spacial score (nSPS) is 18.5. The summed E-state index contributed by atoms with van der Waals surface area (Å²) in [6, 6.07) is 25.0. The van der Waals surface area contributed by atoms with Gasteiger partial charge in [-0.3, -0.25) is 4.55 Å². The first-order valence-electron chi connectivity index (χ1n) is 19.5. The van der Waals surface area contributed by atoms with E-state index >= 15 is 0 Å². The van der Waals surface area contributed by atoms with Crippen molar-refractivity contribution in [3.63, 3.8) is 0 Å². The Labute approximate surface area is 347 Å². The Morgan fingerprint density at radius 1 is 0.746 bits per heavy atom. The van der Waals surface area contributed by atoms with Gasteiger partial charge in [-0.25, -0.2) is 0 Å². The zero-order valence-electron chi connectivity index (χ0n) is 33.6. The van der Waals surface area contributed by atoms with Gasteiger partial charge in [-0.05, 0) is 87.5 Å². The van der Waals surface area contributed by atoms with E-state index in [1.54, 1.807) is 0 Å². The van der Waals surface area contributed by atoms with E-state index in [1.807, 2.05) is 54.6 Å². The van der Waals surface area contributed by atoms with Gasteiger partial charge in [0.25, 0.3) is 10.1 Å². The summed E-state index contributed by atoms with van der Waals surface area (Å²) in [5.74, 6) is -2.96. The van der Waals surface area contributed by atoms with Gasteiger partial charge in [-0.1, -0.05) is 98.8 Å². The van der Waals surface area contributed by atoms with Crippen molar-refractivity contribution in [2.75, 3.05) is 23.7 Å². The van der Waals surface area contributed by atoms with E-state index in [9.17, 15) is 37.0 Å². The van der Waals surface area contributed by atoms with Crippen molar-refractivity contribution in [1.82, 2.24) is 0 Å². The van der Waals surface area contributed by atoms with Gasteiger partial charge in [0, 0.05) is 63.0 Å².